The van der Waals surface area contributed by atoms with Crippen molar-refractivity contribution >= 4 is 33.6 Å². The van der Waals surface area contributed by atoms with Crippen molar-refractivity contribution in [1.29, 1.82) is 0 Å². The van der Waals surface area contributed by atoms with Gasteiger partial charge in [-0.3, -0.25) is 4.79 Å². The lowest BCUT2D eigenvalue weighted by molar-refractivity contribution is -0.137. The Labute approximate surface area is 114 Å². The van der Waals surface area contributed by atoms with Crippen LogP contribution in [0.2, 0.25) is 0 Å². The van der Waals surface area contributed by atoms with Crippen molar-refractivity contribution in [3.05, 3.63) is 28.7 Å². The smallest absolute Gasteiger partial charge is 0.321 e. The van der Waals surface area contributed by atoms with Crippen LogP contribution in [0.4, 0.5) is 10.5 Å². The molecule has 1 aromatic carbocycles. The normalized spacial score (nSPS) is 9.89. The molecule has 0 spiro atoms. The monoisotopic (exact) mass is 314 g/mol. The zero-order valence-electron chi connectivity index (χ0n) is 10.0. The molecule has 0 fully saturated rings. The third-order valence-corrected chi connectivity index (χ3v) is 2.86. The molecule has 1 aromatic rings. The number of rotatable bonds is 5. The fraction of sp³-hybridized carbons (Fsp3) is 0.333. The molecule has 0 bridgehead atoms. The number of amides is 2. The van der Waals surface area contributed by atoms with Crippen LogP contribution in [0.3, 0.4) is 0 Å². The SMILES string of the molecule is CN(CCCC(=O)O)C(=O)Nc1ccc(Br)cc1. The van der Waals surface area contributed by atoms with Gasteiger partial charge in [0.05, 0.1) is 0 Å². The maximum absolute atomic E-state index is 11.7. The number of benzene rings is 1. The van der Waals surface area contributed by atoms with E-state index in [1.165, 1.54) is 4.90 Å². The van der Waals surface area contributed by atoms with Gasteiger partial charge in [-0.05, 0) is 30.7 Å². The van der Waals surface area contributed by atoms with Crippen molar-refractivity contribution in [3.63, 3.8) is 0 Å². The summed E-state index contributed by atoms with van der Waals surface area (Å²) in [4.78, 5) is 23.5. The summed E-state index contributed by atoms with van der Waals surface area (Å²) in [6.45, 7) is 0.411. The van der Waals surface area contributed by atoms with Crippen LogP contribution < -0.4 is 5.32 Å². The van der Waals surface area contributed by atoms with Crippen molar-refractivity contribution in [1.82, 2.24) is 4.90 Å². The highest BCUT2D eigenvalue weighted by Crippen LogP contribution is 2.14. The van der Waals surface area contributed by atoms with E-state index in [4.69, 9.17) is 5.11 Å². The van der Waals surface area contributed by atoms with Crippen molar-refractivity contribution in [3.8, 4) is 0 Å². The molecule has 98 valence electrons. The molecule has 0 aliphatic carbocycles. The second-order valence-corrected chi connectivity index (χ2v) is 4.77. The van der Waals surface area contributed by atoms with Gasteiger partial charge in [-0.1, -0.05) is 15.9 Å². The Morgan fingerprint density at radius 3 is 2.50 bits per heavy atom. The lowest BCUT2D eigenvalue weighted by atomic mass is 10.3. The van der Waals surface area contributed by atoms with Gasteiger partial charge in [0.2, 0.25) is 0 Å². The Morgan fingerprint density at radius 1 is 1.33 bits per heavy atom. The van der Waals surface area contributed by atoms with Crippen molar-refractivity contribution in [2.24, 2.45) is 0 Å². The van der Waals surface area contributed by atoms with Gasteiger partial charge in [0.1, 0.15) is 0 Å². The molecule has 1 rings (SSSR count). The molecule has 6 heteroatoms. The first-order valence-electron chi connectivity index (χ1n) is 5.48. The fourth-order valence-electron chi connectivity index (χ4n) is 1.32. The van der Waals surface area contributed by atoms with Gasteiger partial charge in [0.25, 0.3) is 0 Å². The maximum Gasteiger partial charge on any atom is 0.321 e. The van der Waals surface area contributed by atoms with Crippen molar-refractivity contribution in [2.75, 3.05) is 18.9 Å². The predicted octanol–water partition coefficient (Wildman–Crippen LogP) is 2.78. The summed E-state index contributed by atoms with van der Waals surface area (Å²) in [6.07, 6.45) is 0.509. The van der Waals surface area contributed by atoms with Crippen LogP contribution in [0.1, 0.15) is 12.8 Å². The van der Waals surface area contributed by atoms with Crippen LogP contribution in [0.25, 0.3) is 0 Å². The number of aliphatic carboxylic acids is 1. The Bertz CT molecular complexity index is 420. The van der Waals surface area contributed by atoms with Crippen LogP contribution in [-0.4, -0.2) is 35.6 Å². The number of carboxylic acid groups (broad SMARTS) is 1. The largest absolute Gasteiger partial charge is 0.481 e. The Hall–Kier alpha value is -1.56. The number of nitrogens with zero attached hydrogens (tertiary/aromatic N) is 1. The van der Waals surface area contributed by atoms with Crippen molar-refractivity contribution < 1.29 is 14.7 Å². The third-order valence-electron chi connectivity index (χ3n) is 2.33. The Balaban J connectivity index is 2.39. The molecule has 0 atom stereocenters. The molecule has 5 nitrogen and oxygen atoms in total. The Kier molecular flexibility index (Phi) is 5.64. The summed E-state index contributed by atoms with van der Waals surface area (Å²) in [5.41, 5.74) is 0.702. The van der Waals surface area contributed by atoms with Gasteiger partial charge in [-0.15, -0.1) is 0 Å². The molecule has 2 N–H and O–H groups in total. The van der Waals surface area contributed by atoms with Crippen LogP contribution in [0.5, 0.6) is 0 Å². The summed E-state index contributed by atoms with van der Waals surface area (Å²) in [5, 5.41) is 11.2. The summed E-state index contributed by atoms with van der Waals surface area (Å²) in [5.74, 6) is -0.850. The summed E-state index contributed by atoms with van der Waals surface area (Å²) in [7, 11) is 1.63. The highest BCUT2D eigenvalue weighted by Gasteiger charge is 2.09. The third kappa shape index (κ3) is 5.18. The average Bonchev–Trinajstić information content (AvgIpc) is 2.31. The fourth-order valence-corrected chi connectivity index (χ4v) is 1.59. The summed E-state index contributed by atoms with van der Waals surface area (Å²) >= 11 is 3.31. The van der Waals surface area contributed by atoms with E-state index in [0.29, 0.717) is 18.7 Å². The Morgan fingerprint density at radius 2 is 1.94 bits per heavy atom. The first-order chi connectivity index (χ1) is 8.49. The van der Waals surface area contributed by atoms with Gasteiger partial charge in [0.15, 0.2) is 0 Å². The van der Waals surface area contributed by atoms with E-state index in [-0.39, 0.29) is 12.5 Å². The van der Waals surface area contributed by atoms with E-state index in [2.05, 4.69) is 21.2 Å². The number of urea groups is 1. The van der Waals surface area contributed by atoms with Gasteiger partial charge < -0.3 is 15.3 Å². The first-order valence-corrected chi connectivity index (χ1v) is 6.28. The zero-order valence-corrected chi connectivity index (χ0v) is 11.6. The molecule has 0 saturated heterocycles. The molecular weight excluding hydrogens is 300 g/mol. The van der Waals surface area contributed by atoms with Gasteiger partial charge >= 0.3 is 12.0 Å². The van der Waals surface area contributed by atoms with Crippen molar-refractivity contribution in [2.45, 2.75) is 12.8 Å². The highest BCUT2D eigenvalue weighted by atomic mass is 79.9. The standard InChI is InChI=1S/C12H15BrN2O3/c1-15(8-2-3-11(16)17)12(18)14-10-6-4-9(13)5-7-10/h4-7H,2-3,8H2,1H3,(H,14,18)(H,16,17). The van der Waals surface area contributed by atoms with E-state index in [1.54, 1.807) is 19.2 Å². The molecule has 0 aromatic heterocycles. The van der Waals surface area contributed by atoms with E-state index in [1.807, 2.05) is 12.1 Å². The molecule has 18 heavy (non-hydrogen) atoms. The summed E-state index contributed by atoms with van der Waals surface area (Å²) in [6, 6.07) is 6.99. The zero-order chi connectivity index (χ0) is 13.5. The minimum absolute atomic E-state index is 0.0654. The lowest BCUT2D eigenvalue weighted by Gasteiger charge is -2.17. The second kappa shape index (κ2) is 7.00. The minimum atomic E-state index is -0.850. The topological polar surface area (TPSA) is 69.6 Å². The number of halogens is 1. The van der Waals surface area contributed by atoms with E-state index >= 15 is 0 Å². The average molecular weight is 315 g/mol. The van der Waals surface area contributed by atoms with Gasteiger partial charge in [0, 0.05) is 30.2 Å². The molecule has 0 heterocycles. The quantitative estimate of drug-likeness (QED) is 0.878. The van der Waals surface area contributed by atoms with E-state index < -0.39 is 5.97 Å². The summed E-state index contributed by atoms with van der Waals surface area (Å²) < 4.78 is 0.940. The number of carboxylic acids is 1. The lowest BCUT2D eigenvalue weighted by Crippen LogP contribution is -2.32. The molecule has 0 aliphatic rings. The van der Waals surface area contributed by atoms with Gasteiger partial charge in [-0.25, -0.2) is 4.79 Å². The van der Waals surface area contributed by atoms with Crippen LogP contribution in [-0.2, 0) is 4.79 Å². The number of anilines is 1. The van der Waals surface area contributed by atoms with Crippen LogP contribution in [0.15, 0.2) is 28.7 Å². The molecule has 2 amide bonds. The van der Waals surface area contributed by atoms with Gasteiger partial charge in [-0.2, -0.15) is 0 Å². The number of hydrogen-bond donors (Lipinski definition) is 2. The highest BCUT2D eigenvalue weighted by molar-refractivity contribution is 9.10. The predicted molar refractivity (Wildman–Crippen MR) is 72.7 cm³/mol. The molecule has 0 aliphatic heterocycles. The number of hydrogen-bond acceptors (Lipinski definition) is 2. The number of nitrogens with one attached hydrogen (secondary N) is 1. The minimum Gasteiger partial charge on any atom is -0.481 e. The van der Waals surface area contributed by atoms with Crippen LogP contribution in [0, 0.1) is 0 Å². The maximum atomic E-state index is 11.7. The first kappa shape index (κ1) is 14.5. The van der Waals surface area contributed by atoms with E-state index in [9.17, 15) is 9.59 Å². The molecule has 0 saturated carbocycles. The molecule has 0 radical (unpaired) electrons. The number of carbonyl (C=O) groups is 2. The second-order valence-electron chi connectivity index (χ2n) is 3.86. The number of carbonyl (C=O) groups excluding carboxylic acids is 1. The molecule has 0 unspecified atom stereocenters. The van der Waals surface area contributed by atoms with Crippen LogP contribution >= 0.6 is 15.9 Å². The molecular formula is C12H15BrN2O3. The van der Waals surface area contributed by atoms with E-state index in [0.717, 1.165) is 4.47 Å².